The fourth-order valence-electron chi connectivity index (χ4n) is 10.3. The van der Waals surface area contributed by atoms with E-state index in [9.17, 15) is 0 Å². The number of hydrogen-bond acceptors (Lipinski definition) is 2. The van der Waals surface area contributed by atoms with Gasteiger partial charge in [-0.15, -0.1) is 11.3 Å². The van der Waals surface area contributed by atoms with Crippen molar-refractivity contribution < 1.29 is 4.42 Å². The van der Waals surface area contributed by atoms with Crippen molar-refractivity contribution in [2.45, 2.75) is 0 Å². The molecule has 0 atom stereocenters. The predicted octanol–water partition coefficient (Wildman–Crippen LogP) is 17.2. The molecule has 13 rings (SSSR count). The zero-order valence-electron chi connectivity index (χ0n) is 32.4. The van der Waals surface area contributed by atoms with Crippen molar-refractivity contribution in [2.24, 2.45) is 0 Å². The van der Waals surface area contributed by atoms with Crippen LogP contribution in [0.2, 0.25) is 0 Å². The highest BCUT2D eigenvalue weighted by molar-refractivity contribution is 7.26. The Kier molecular flexibility index (Phi) is 7.24. The van der Waals surface area contributed by atoms with E-state index in [2.05, 4.69) is 200 Å². The maximum Gasteiger partial charge on any atom is 0.136 e. The summed E-state index contributed by atoms with van der Waals surface area (Å²) in [5.74, 6) is 0. The second kappa shape index (κ2) is 13.0. The summed E-state index contributed by atoms with van der Waals surface area (Å²) in [4.78, 5) is 0. The molecule has 2 aromatic heterocycles. The molecular weight excluding hydrogens is 745 g/mol. The molecule has 0 amide bonds. The van der Waals surface area contributed by atoms with Gasteiger partial charge in [0.2, 0.25) is 0 Å². The summed E-state index contributed by atoms with van der Waals surface area (Å²) in [5.41, 5.74) is 11.9. The van der Waals surface area contributed by atoms with Gasteiger partial charge in [-0.05, 0) is 100 Å². The lowest BCUT2D eigenvalue weighted by molar-refractivity contribution is 0.669. The van der Waals surface area contributed by atoms with E-state index in [0.29, 0.717) is 0 Å². The van der Waals surface area contributed by atoms with Gasteiger partial charge in [0.15, 0.2) is 0 Å². The molecule has 0 unspecified atom stereocenters. The Bertz CT molecular complexity index is 3770. The van der Waals surface area contributed by atoms with Crippen LogP contribution in [-0.2, 0) is 0 Å². The molecule has 11 aromatic carbocycles. The summed E-state index contributed by atoms with van der Waals surface area (Å²) in [7, 11) is 0. The first-order valence-electron chi connectivity index (χ1n) is 20.6. The maximum absolute atomic E-state index is 6.43. The normalized spacial score (nSPS) is 12.0. The molecule has 0 aliphatic carbocycles. The molecule has 0 N–H and O–H groups in total. The standard InChI is InChI=1S/C58H34OS/c1-2-17-35(18-3-1)52-36-19-4-6-21-38(36)54(39-22-7-5-20-37(39)52)46-29-16-34-51-57(46)48-31-14-30-47(58(48)60-51)55-42-25-10-8-23-40(42)53(41-24-9-11-26-43(41)55)45-28-15-33-50-56(45)44-27-12-13-32-49(44)59-50/h1-34H. The third kappa shape index (κ3) is 4.74. The molecule has 60 heavy (non-hydrogen) atoms. The van der Waals surface area contributed by atoms with E-state index < -0.39 is 0 Å². The van der Waals surface area contributed by atoms with Crippen molar-refractivity contribution in [3.63, 3.8) is 0 Å². The van der Waals surface area contributed by atoms with Gasteiger partial charge in [-0.25, -0.2) is 0 Å². The fourth-order valence-corrected chi connectivity index (χ4v) is 11.5. The van der Waals surface area contributed by atoms with Gasteiger partial charge in [-0.3, -0.25) is 0 Å². The van der Waals surface area contributed by atoms with Crippen molar-refractivity contribution in [2.75, 3.05) is 0 Å². The molecule has 0 spiro atoms. The summed E-state index contributed by atoms with van der Waals surface area (Å²) < 4.78 is 9.02. The van der Waals surface area contributed by atoms with E-state index in [1.54, 1.807) is 0 Å². The second-order valence-corrected chi connectivity index (χ2v) is 16.8. The molecule has 0 fully saturated rings. The minimum Gasteiger partial charge on any atom is -0.456 e. The van der Waals surface area contributed by atoms with Gasteiger partial charge in [0, 0.05) is 36.5 Å². The number of hydrogen-bond donors (Lipinski definition) is 0. The first kappa shape index (κ1) is 33.5. The number of benzene rings is 11. The molecule has 278 valence electrons. The molecule has 2 heteroatoms. The van der Waals surface area contributed by atoms with Crippen molar-refractivity contribution in [1.82, 2.24) is 0 Å². The lowest BCUT2D eigenvalue weighted by Gasteiger charge is -2.19. The Morgan fingerprint density at radius 2 is 0.667 bits per heavy atom. The maximum atomic E-state index is 6.43. The van der Waals surface area contributed by atoms with Crippen LogP contribution in [0.25, 0.3) is 130 Å². The summed E-state index contributed by atoms with van der Waals surface area (Å²) in [5, 5.41) is 14.9. The Morgan fingerprint density at radius 1 is 0.267 bits per heavy atom. The molecule has 0 bridgehead atoms. The van der Waals surface area contributed by atoms with Gasteiger partial charge in [0.1, 0.15) is 11.2 Å². The minimum absolute atomic E-state index is 0.909. The zero-order valence-corrected chi connectivity index (χ0v) is 33.3. The number of thiophene rings is 1. The lowest BCUT2D eigenvalue weighted by Crippen LogP contribution is -1.92. The van der Waals surface area contributed by atoms with Crippen molar-refractivity contribution in [1.29, 1.82) is 0 Å². The number of furan rings is 1. The minimum atomic E-state index is 0.909. The molecule has 0 aliphatic heterocycles. The first-order chi connectivity index (χ1) is 29.8. The average molecular weight is 779 g/mol. The zero-order chi connectivity index (χ0) is 39.3. The SMILES string of the molecule is c1ccc(-c2c3ccccc3c(-c3cccc4sc5c(-c6c7ccccc7c(-c7cccc8oc9ccccc9c78)c7ccccc67)cccc5c34)c3ccccc23)cc1. The second-order valence-electron chi connectivity index (χ2n) is 15.8. The Morgan fingerprint density at radius 3 is 1.25 bits per heavy atom. The molecule has 0 saturated carbocycles. The summed E-state index contributed by atoms with van der Waals surface area (Å²) in [6.45, 7) is 0. The Balaban J connectivity index is 1.11. The first-order valence-corrected chi connectivity index (χ1v) is 21.4. The van der Waals surface area contributed by atoms with Crippen LogP contribution in [0.5, 0.6) is 0 Å². The highest BCUT2D eigenvalue weighted by Gasteiger charge is 2.24. The van der Waals surface area contributed by atoms with Crippen LogP contribution in [0.15, 0.2) is 211 Å². The van der Waals surface area contributed by atoms with Crippen LogP contribution >= 0.6 is 11.3 Å². The van der Waals surface area contributed by atoms with Crippen LogP contribution in [0.4, 0.5) is 0 Å². The van der Waals surface area contributed by atoms with E-state index in [1.807, 2.05) is 17.4 Å². The van der Waals surface area contributed by atoms with Gasteiger partial charge in [-0.2, -0.15) is 0 Å². The third-order valence-electron chi connectivity index (χ3n) is 12.7. The number of fused-ring (bicyclic) bond motifs is 10. The summed E-state index contributed by atoms with van der Waals surface area (Å²) in [6.07, 6.45) is 0. The van der Waals surface area contributed by atoms with E-state index in [-0.39, 0.29) is 0 Å². The van der Waals surface area contributed by atoms with E-state index >= 15 is 0 Å². The van der Waals surface area contributed by atoms with E-state index in [4.69, 9.17) is 4.42 Å². The van der Waals surface area contributed by atoms with Gasteiger partial charge in [0.05, 0.1) is 0 Å². The van der Waals surface area contributed by atoms with Gasteiger partial charge in [-0.1, -0.05) is 188 Å². The van der Waals surface area contributed by atoms with Crippen LogP contribution in [0, 0.1) is 0 Å². The number of rotatable bonds is 4. The monoisotopic (exact) mass is 778 g/mol. The van der Waals surface area contributed by atoms with Crippen LogP contribution < -0.4 is 0 Å². The summed E-state index contributed by atoms with van der Waals surface area (Å²) >= 11 is 1.91. The van der Waals surface area contributed by atoms with Gasteiger partial charge >= 0.3 is 0 Å². The van der Waals surface area contributed by atoms with Crippen molar-refractivity contribution >= 4 is 96.5 Å². The molecular formula is C58H34OS. The fraction of sp³-hybridized carbons (Fsp3) is 0. The smallest absolute Gasteiger partial charge is 0.136 e. The van der Waals surface area contributed by atoms with E-state index in [1.165, 1.54) is 108 Å². The summed E-state index contributed by atoms with van der Waals surface area (Å²) in [6, 6.07) is 75.6. The molecule has 13 aromatic rings. The van der Waals surface area contributed by atoms with Gasteiger partial charge < -0.3 is 4.42 Å². The van der Waals surface area contributed by atoms with Crippen molar-refractivity contribution in [3.8, 4) is 44.5 Å². The quantitative estimate of drug-likeness (QED) is 0.162. The third-order valence-corrected chi connectivity index (χ3v) is 13.9. The Labute approximate surface area is 350 Å². The Hall–Kier alpha value is -7.52. The highest BCUT2D eigenvalue weighted by Crippen LogP contribution is 2.52. The largest absolute Gasteiger partial charge is 0.456 e. The number of para-hydroxylation sites is 1. The molecule has 0 aliphatic rings. The van der Waals surface area contributed by atoms with Crippen molar-refractivity contribution in [3.05, 3.63) is 206 Å². The molecule has 2 heterocycles. The average Bonchev–Trinajstić information content (AvgIpc) is 3.90. The lowest BCUT2D eigenvalue weighted by atomic mass is 9.84. The van der Waals surface area contributed by atoms with E-state index in [0.717, 1.165) is 21.9 Å². The van der Waals surface area contributed by atoms with Gasteiger partial charge in [0.25, 0.3) is 0 Å². The molecule has 0 radical (unpaired) electrons. The van der Waals surface area contributed by atoms with Crippen LogP contribution in [0.1, 0.15) is 0 Å². The van der Waals surface area contributed by atoms with Crippen LogP contribution in [0.3, 0.4) is 0 Å². The van der Waals surface area contributed by atoms with Crippen LogP contribution in [-0.4, -0.2) is 0 Å². The molecule has 1 nitrogen and oxygen atoms in total. The predicted molar refractivity (Wildman–Crippen MR) is 258 cm³/mol. The molecule has 0 saturated heterocycles. The highest BCUT2D eigenvalue weighted by atomic mass is 32.1. The topological polar surface area (TPSA) is 13.1 Å².